The number of hydrogen-bond donors (Lipinski definition) is 2. The van der Waals surface area contributed by atoms with Gasteiger partial charge in [0.2, 0.25) is 0 Å². The molecule has 0 fully saturated rings. The third kappa shape index (κ3) is 2.84. The van der Waals surface area contributed by atoms with Crippen LogP contribution in [0, 0.1) is 0 Å². The summed E-state index contributed by atoms with van der Waals surface area (Å²) in [5.74, 6) is -0.0354. The number of nitrogens with one attached hydrogen (secondary N) is 1. The lowest BCUT2D eigenvalue weighted by Crippen LogP contribution is -2.39. The molecule has 0 bridgehead atoms. The van der Waals surface area contributed by atoms with Crippen molar-refractivity contribution >= 4 is 28.6 Å². The molecule has 0 unspecified atom stereocenters. The number of amides is 1. The maximum absolute atomic E-state index is 13.1. The van der Waals surface area contributed by atoms with E-state index in [0.717, 1.165) is 10.6 Å². The van der Waals surface area contributed by atoms with E-state index in [-0.39, 0.29) is 11.7 Å². The number of fused-ring (bicyclic) bond motifs is 1. The lowest BCUT2D eigenvalue weighted by molar-refractivity contribution is 0.0692. The minimum Gasteiger partial charge on any atom is -0.507 e. The molecule has 1 amide bonds. The summed E-state index contributed by atoms with van der Waals surface area (Å²) in [6.45, 7) is 1.79. The van der Waals surface area contributed by atoms with Crippen LogP contribution in [0.4, 0.5) is 5.69 Å². The van der Waals surface area contributed by atoms with E-state index >= 15 is 0 Å². The first-order valence-corrected chi connectivity index (χ1v) is 9.09. The molecule has 2 aromatic carbocycles. The number of carbonyl (C=O) groups is 1. The van der Waals surface area contributed by atoms with E-state index in [1.165, 1.54) is 5.01 Å². The highest BCUT2D eigenvalue weighted by atomic mass is 32.1. The zero-order valence-corrected chi connectivity index (χ0v) is 14.9. The van der Waals surface area contributed by atoms with Gasteiger partial charge >= 0.3 is 0 Å². The molecule has 2 heterocycles. The van der Waals surface area contributed by atoms with Gasteiger partial charge in [0.1, 0.15) is 5.75 Å². The van der Waals surface area contributed by atoms with Crippen LogP contribution in [0.25, 0.3) is 0 Å². The molecule has 1 aliphatic heterocycles. The number of aromatic hydroxyl groups is 1. The highest BCUT2D eigenvalue weighted by Gasteiger charge is 2.33. The molecule has 0 radical (unpaired) electrons. The van der Waals surface area contributed by atoms with Crippen molar-refractivity contribution in [1.82, 2.24) is 5.01 Å². The van der Waals surface area contributed by atoms with Crippen molar-refractivity contribution in [3.63, 3.8) is 0 Å². The molecule has 130 valence electrons. The normalized spacial score (nSPS) is 17.0. The van der Waals surface area contributed by atoms with E-state index in [9.17, 15) is 9.90 Å². The Morgan fingerprint density at radius 1 is 1.12 bits per heavy atom. The summed E-state index contributed by atoms with van der Waals surface area (Å²) in [7, 11) is 0. The van der Waals surface area contributed by atoms with Gasteiger partial charge in [-0.15, -0.1) is 11.3 Å². The first kappa shape index (κ1) is 16.4. The Balaban J connectivity index is 1.80. The molecule has 2 N–H and O–H groups in total. The van der Waals surface area contributed by atoms with Crippen LogP contribution in [0.5, 0.6) is 5.75 Å². The third-order valence-electron chi connectivity index (χ3n) is 4.27. The SMILES string of the molecule is C/C(=N\N1C(=O)c2ccccc2N[C@@H]1c1cccs1)c1ccccc1O. The summed E-state index contributed by atoms with van der Waals surface area (Å²) in [6, 6.07) is 18.3. The predicted octanol–water partition coefficient (Wildman–Crippen LogP) is 4.44. The fraction of sp³-hybridized carbons (Fsp3) is 0.100. The predicted molar refractivity (Wildman–Crippen MR) is 104 cm³/mol. The fourth-order valence-electron chi connectivity index (χ4n) is 2.98. The molecule has 0 saturated carbocycles. The van der Waals surface area contributed by atoms with Gasteiger partial charge in [-0.05, 0) is 42.6 Å². The number of hydrogen-bond acceptors (Lipinski definition) is 5. The average molecular weight is 363 g/mol. The van der Waals surface area contributed by atoms with Crippen molar-refractivity contribution in [2.75, 3.05) is 5.32 Å². The second kappa shape index (κ2) is 6.65. The van der Waals surface area contributed by atoms with Crippen molar-refractivity contribution in [2.24, 2.45) is 5.10 Å². The molecule has 1 aromatic heterocycles. The number of para-hydroxylation sites is 2. The van der Waals surface area contributed by atoms with E-state index in [2.05, 4.69) is 10.4 Å². The Hall–Kier alpha value is -3.12. The highest BCUT2D eigenvalue weighted by Crippen LogP contribution is 2.35. The van der Waals surface area contributed by atoms with Crippen molar-refractivity contribution in [1.29, 1.82) is 0 Å². The number of anilines is 1. The van der Waals surface area contributed by atoms with Gasteiger partial charge in [-0.3, -0.25) is 4.79 Å². The second-order valence-corrected chi connectivity index (χ2v) is 6.94. The molecule has 1 aliphatic rings. The summed E-state index contributed by atoms with van der Waals surface area (Å²) in [5, 5.41) is 21.5. The summed E-state index contributed by atoms with van der Waals surface area (Å²) in [4.78, 5) is 14.1. The van der Waals surface area contributed by atoms with Crippen LogP contribution < -0.4 is 5.32 Å². The van der Waals surface area contributed by atoms with Crippen LogP contribution in [0.3, 0.4) is 0 Å². The molecule has 4 rings (SSSR count). The summed E-state index contributed by atoms with van der Waals surface area (Å²) < 4.78 is 0. The number of phenols is 1. The van der Waals surface area contributed by atoms with Gasteiger partial charge in [-0.1, -0.05) is 30.3 Å². The molecule has 0 spiro atoms. The molecule has 1 atom stereocenters. The second-order valence-electron chi connectivity index (χ2n) is 5.96. The Bertz CT molecular complexity index is 982. The fourth-order valence-corrected chi connectivity index (χ4v) is 3.74. The van der Waals surface area contributed by atoms with E-state index in [1.807, 2.05) is 41.8 Å². The van der Waals surface area contributed by atoms with E-state index in [0.29, 0.717) is 16.8 Å². The molecule has 26 heavy (non-hydrogen) atoms. The molecule has 0 saturated heterocycles. The largest absolute Gasteiger partial charge is 0.507 e. The summed E-state index contributed by atoms with van der Waals surface area (Å²) in [6.07, 6.45) is -0.391. The first-order valence-electron chi connectivity index (χ1n) is 8.21. The Morgan fingerprint density at radius 2 is 1.88 bits per heavy atom. The molecule has 0 aliphatic carbocycles. The highest BCUT2D eigenvalue weighted by molar-refractivity contribution is 7.10. The average Bonchev–Trinajstić information content (AvgIpc) is 3.18. The van der Waals surface area contributed by atoms with Crippen LogP contribution in [0.2, 0.25) is 0 Å². The monoisotopic (exact) mass is 363 g/mol. The Kier molecular flexibility index (Phi) is 4.18. The lowest BCUT2D eigenvalue weighted by atomic mass is 10.1. The van der Waals surface area contributed by atoms with Gasteiger partial charge in [0.15, 0.2) is 6.17 Å². The summed E-state index contributed by atoms with van der Waals surface area (Å²) >= 11 is 1.56. The first-order chi connectivity index (χ1) is 12.6. The van der Waals surface area contributed by atoms with Crippen LogP contribution in [-0.2, 0) is 0 Å². The maximum Gasteiger partial charge on any atom is 0.278 e. The van der Waals surface area contributed by atoms with Gasteiger partial charge in [-0.25, -0.2) is 5.01 Å². The Labute approximate surface area is 155 Å². The zero-order valence-electron chi connectivity index (χ0n) is 14.1. The summed E-state index contributed by atoms with van der Waals surface area (Å²) in [5.41, 5.74) is 2.54. The molecular formula is C20H17N3O2S. The minimum atomic E-state index is -0.391. The van der Waals surface area contributed by atoms with Crippen molar-refractivity contribution in [3.8, 4) is 5.75 Å². The van der Waals surface area contributed by atoms with E-state index in [4.69, 9.17) is 0 Å². The lowest BCUT2D eigenvalue weighted by Gasteiger charge is -2.34. The quantitative estimate of drug-likeness (QED) is 0.676. The minimum absolute atomic E-state index is 0.138. The van der Waals surface area contributed by atoms with Crippen LogP contribution >= 0.6 is 11.3 Å². The van der Waals surface area contributed by atoms with Gasteiger partial charge in [-0.2, -0.15) is 5.10 Å². The number of thiophene rings is 1. The number of rotatable bonds is 3. The molecule has 6 heteroatoms. The number of nitrogens with zero attached hydrogens (tertiary/aromatic N) is 2. The Morgan fingerprint density at radius 3 is 2.65 bits per heavy atom. The van der Waals surface area contributed by atoms with Gasteiger partial charge < -0.3 is 10.4 Å². The number of hydrazone groups is 1. The van der Waals surface area contributed by atoms with Crippen molar-refractivity contribution in [2.45, 2.75) is 13.1 Å². The number of benzene rings is 2. The molecule has 3 aromatic rings. The van der Waals surface area contributed by atoms with E-state index < -0.39 is 6.17 Å². The number of phenolic OH excluding ortho intramolecular Hbond substituents is 1. The maximum atomic E-state index is 13.1. The van der Waals surface area contributed by atoms with Crippen LogP contribution in [0.15, 0.2) is 71.1 Å². The van der Waals surface area contributed by atoms with Gasteiger partial charge in [0, 0.05) is 16.1 Å². The van der Waals surface area contributed by atoms with Crippen molar-refractivity contribution < 1.29 is 9.90 Å². The third-order valence-corrected chi connectivity index (χ3v) is 5.19. The van der Waals surface area contributed by atoms with E-state index in [1.54, 1.807) is 42.5 Å². The zero-order chi connectivity index (χ0) is 18.1. The number of carbonyl (C=O) groups excluding carboxylic acids is 1. The van der Waals surface area contributed by atoms with Gasteiger partial charge in [0.05, 0.1) is 11.3 Å². The smallest absolute Gasteiger partial charge is 0.278 e. The van der Waals surface area contributed by atoms with Crippen LogP contribution in [-0.4, -0.2) is 21.7 Å². The molecular weight excluding hydrogens is 346 g/mol. The topological polar surface area (TPSA) is 64.9 Å². The van der Waals surface area contributed by atoms with Crippen LogP contribution in [0.1, 0.15) is 33.9 Å². The van der Waals surface area contributed by atoms with Crippen molar-refractivity contribution in [3.05, 3.63) is 82.0 Å². The standard InChI is InChI=1S/C20H17N3O2S/c1-13(14-7-3-5-10-17(14)24)22-23-19(18-11-6-12-26-18)21-16-9-4-2-8-15(16)20(23)25/h2-12,19,21,24H,1H3/b22-13+/t19-/m0/s1. The molecule has 5 nitrogen and oxygen atoms in total. The van der Waals surface area contributed by atoms with Gasteiger partial charge in [0.25, 0.3) is 5.91 Å².